The standard InChI is InChI=1S/C25H34FN5O5/c1-15(2)31-18-13-19(29-10-7-25(35,8-11-29)36-21(33)14-24(3,4)5)17(26)12-16(18)22(28-31)30-9-6-20(32)27-23(30)34/h12-13,15,35H,6-11,14H2,1-5H3,(H,27,32,34). The summed E-state index contributed by atoms with van der Waals surface area (Å²) in [6.45, 7) is 10.4. The maximum absolute atomic E-state index is 15.4. The van der Waals surface area contributed by atoms with Gasteiger partial charge in [0, 0.05) is 50.3 Å². The molecule has 0 aliphatic carbocycles. The van der Waals surface area contributed by atoms with Crippen LogP contribution >= 0.6 is 0 Å². The summed E-state index contributed by atoms with van der Waals surface area (Å²) in [6.07, 6.45) is 0.627. The Kier molecular flexibility index (Phi) is 6.72. The molecule has 0 unspecified atom stereocenters. The van der Waals surface area contributed by atoms with Crippen molar-refractivity contribution in [1.29, 1.82) is 0 Å². The zero-order valence-electron chi connectivity index (χ0n) is 21.4. The molecular formula is C25H34FN5O5. The van der Waals surface area contributed by atoms with Crippen LogP contribution < -0.4 is 15.1 Å². The van der Waals surface area contributed by atoms with Gasteiger partial charge in [0.15, 0.2) is 5.82 Å². The lowest BCUT2D eigenvalue weighted by Crippen LogP contribution is -2.49. The summed E-state index contributed by atoms with van der Waals surface area (Å²) < 4.78 is 22.5. The van der Waals surface area contributed by atoms with E-state index >= 15 is 4.39 Å². The van der Waals surface area contributed by atoms with Gasteiger partial charge in [-0.15, -0.1) is 0 Å². The van der Waals surface area contributed by atoms with Crippen molar-refractivity contribution in [3.63, 3.8) is 0 Å². The monoisotopic (exact) mass is 503 g/mol. The molecule has 1 aromatic heterocycles. The van der Waals surface area contributed by atoms with Crippen molar-refractivity contribution < 1.29 is 28.6 Å². The number of halogens is 1. The molecule has 0 bridgehead atoms. The average Bonchev–Trinajstić information content (AvgIpc) is 3.10. The number of nitrogens with zero attached hydrogens (tertiary/aromatic N) is 4. The minimum absolute atomic E-state index is 0.0669. The topological polar surface area (TPSA) is 117 Å². The molecule has 2 saturated heterocycles. The van der Waals surface area contributed by atoms with E-state index in [9.17, 15) is 19.5 Å². The van der Waals surface area contributed by atoms with Gasteiger partial charge in [-0.3, -0.25) is 24.5 Å². The molecule has 2 aliphatic heterocycles. The maximum atomic E-state index is 15.4. The van der Waals surface area contributed by atoms with Crippen LogP contribution in [0.15, 0.2) is 12.1 Å². The lowest BCUT2D eigenvalue weighted by atomic mass is 9.92. The molecule has 36 heavy (non-hydrogen) atoms. The van der Waals surface area contributed by atoms with Gasteiger partial charge in [0.1, 0.15) is 5.82 Å². The van der Waals surface area contributed by atoms with Crippen LogP contribution in [0.1, 0.15) is 66.3 Å². The van der Waals surface area contributed by atoms with Crippen molar-refractivity contribution in [3.05, 3.63) is 17.9 Å². The van der Waals surface area contributed by atoms with Crippen molar-refractivity contribution >= 4 is 40.3 Å². The minimum Gasteiger partial charge on any atom is -0.433 e. The Balaban J connectivity index is 1.58. The first kappa shape index (κ1) is 25.9. The number of ether oxygens (including phenoxy) is 1. The molecule has 196 valence electrons. The first-order valence-corrected chi connectivity index (χ1v) is 12.3. The molecule has 0 spiro atoms. The summed E-state index contributed by atoms with van der Waals surface area (Å²) in [6, 6.07) is 2.41. The number of amides is 3. The van der Waals surface area contributed by atoms with Crippen molar-refractivity contribution in [1.82, 2.24) is 15.1 Å². The lowest BCUT2D eigenvalue weighted by molar-refractivity contribution is -0.217. The summed E-state index contributed by atoms with van der Waals surface area (Å²) in [4.78, 5) is 39.4. The van der Waals surface area contributed by atoms with Gasteiger partial charge in [0.25, 0.3) is 0 Å². The number of rotatable bonds is 5. The van der Waals surface area contributed by atoms with Crippen LogP contribution in [0, 0.1) is 11.2 Å². The van der Waals surface area contributed by atoms with Gasteiger partial charge in [-0.2, -0.15) is 5.10 Å². The Morgan fingerprint density at radius 3 is 2.47 bits per heavy atom. The van der Waals surface area contributed by atoms with E-state index in [0.717, 1.165) is 0 Å². The number of hydrogen-bond acceptors (Lipinski definition) is 7. The van der Waals surface area contributed by atoms with E-state index in [1.165, 1.54) is 11.0 Å². The number of anilines is 2. The number of nitrogens with one attached hydrogen (secondary N) is 1. The van der Waals surface area contributed by atoms with E-state index in [1.54, 1.807) is 10.7 Å². The number of carbonyl (C=O) groups is 3. The van der Waals surface area contributed by atoms with E-state index in [1.807, 2.05) is 39.5 Å². The summed E-state index contributed by atoms with van der Waals surface area (Å²) in [5.74, 6) is -2.58. The molecule has 10 nitrogen and oxygen atoms in total. The van der Waals surface area contributed by atoms with Gasteiger partial charge in [-0.05, 0) is 31.4 Å². The third kappa shape index (κ3) is 5.30. The van der Waals surface area contributed by atoms with Crippen molar-refractivity contribution in [2.24, 2.45) is 5.41 Å². The normalized spacial score (nSPS) is 18.7. The third-order valence-corrected chi connectivity index (χ3v) is 6.42. The molecule has 0 saturated carbocycles. The van der Waals surface area contributed by atoms with E-state index < -0.39 is 23.6 Å². The number of hydrogen-bond donors (Lipinski definition) is 2. The first-order chi connectivity index (χ1) is 16.8. The van der Waals surface area contributed by atoms with E-state index in [2.05, 4.69) is 10.4 Å². The fraction of sp³-hybridized carbons (Fsp3) is 0.600. The highest BCUT2D eigenvalue weighted by atomic mass is 19.1. The van der Waals surface area contributed by atoms with Crippen LogP contribution in [-0.4, -0.2) is 58.2 Å². The molecule has 1 aromatic carbocycles. The number of imide groups is 1. The summed E-state index contributed by atoms with van der Waals surface area (Å²) in [7, 11) is 0. The summed E-state index contributed by atoms with van der Waals surface area (Å²) in [5, 5.41) is 18.1. The van der Waals surface area contributed by atoms with Gasteiger partial charge < -0.3 is 14.7 Å². The highest BCUT2D eigenvalue weighted by Gasteiger charge is 2.38. The SMILES string of the molecule is CC(C)n1nc(N2CCC(=O)NC2=O)c2cc(F)c(N3CCC(O)(OC(=O)CC(C)(C)C)CC3)cc21. The summed E-state index contributed by atoms with van der Waals surface area (Å²) >= 11 is 0. The van der Waals surface area contributed by atoms with Gasteiger partial charge in [0.2, 0.25) is 11.7 Å². The molecule has 2 aliphatic rings. The molecule has 11 heteroatoms. The van der Waals surface area contributed by atoms with Gasteiger partial charge in [-0.25, -0.2) is 9.18 Å². The molecule has 3 amide bonds. The Morgan fingerprint density at radius 1 is 1.22 bits per heavy atom. The highest BCUT2D eigenvalue weighted by molar-refractivity contribution is 6.09. The van der Waals surface area contributed by atoms with E-state index in [-0.39, 0.29) is 49.6 Å². The lowest BCUT2D eigenvalue weighted by Gasteiger charge is -2.39. The van der Waals surface area contributed by atoms with Gasteiger partial charge in [-0.1, -0.05) is 20.8 Å². The van der Waals surface area contributed by atoms with Crippen molar-refractivity contribution in [3.8, 4) is 0 Å². The van der Waals surface area contributed by atoms with Gasteiger partial charge in [0.05, 0.1) is 17.6 Å². The Bertz CT molecular complexity index is 1190. The molecular weight excluding hydrogens is 469 g/mol. The van der Waals surface area contributed by atoms with Crippen LogP contribution in [0.5, 0.6) is 0 Å². The minimum atomic E-state index is -1.58. The predicted octanol–water partition coefficient (Wildman–Crippen LogP) is 3.47. The number of aromatic nitrogens is 2. The van der Waals surface area contributed by atoms with Gasteiger partial charge >= 0.3 is 12.0 Å². The van der Waals surface area contributed by atoms with E-state index in [4.69, 9.17) is 4.74 Å². The number of fused-ring (bicyclic) bond motifs is 1. The zero-order valence-corrected chi connectivity index (χ0v) is 21.4. The summed E-state index contributed by atoms with van der Waals surface area (Å²) in [5.41, 5.74) is 0.741. The number of piperidine rings is 1. The number of benzene rings is 1. The molecule has 0 atom stereocenters. The third-order valence-electron chi connectivity index (χ3n) is 6.42. The smallest absolute Gasteiger partial charge is 0.329 e. The largest absolute Gasteiger partial charge is 0.433 e. The Hall–Kier alpha value is -3.21. The molecule has 0 radical (unpaired) electrons. The molecule has 2 N–H and O–H groups in total. The van der Waals surface area contributed by atoms with Crippen LogP contribution in [0.3, 0.4) is 0 Å². The molecule has 3 heterocycles. The van der Waals surface area contributed by atoms with Crippen LogP contribution in [-0.2, 0) is 14.3 Å². The van der Waals surface area contributed by atoms with Crippen LogP contribution in [0.25, 0.3) is 10.9 Å². The first-order valence-electron chi connectivity index (χ1n) is 12.3. The highest BCUT2D eigenvalue weighted by Crippen LogP contribution is 2.36. The fourth-order valence-corrected chi connectivity index (χ4v) is 4.61. The van der Waals surface area contributed by atoms with Crippen molar-refractivity contribution in [2.45, 2.75) is 72.1 Å². The second kappa shape index (κ2) is 9.34. The van der Waals surface area contributed by atoms with Crippen molar-refractivity contribution in [2.75, 3.05) is 29.4 Å². The van der Waals surface area contributed by atoms with Crippen LogP contribution in [0.2, 0.25) is 0 Å². The zero-order chi connectivity index (χ0) is 26.4. The Labute approximate surface area is 209 Å². The van der Waals surface area contributed by atoms with E-state index in [0.29, 0.717) is 35.5 Å². The Morgan fingerprint density at radius 2 is 1.89 bits per heavy atom. The number of carbonyl (C=O) groups excluding carboxylic acids is 3. The second-order valence-corrected chi connectivity index (χ2v) is 11.1. The quantitative estimate of drug-likeness (QED) is 0.474. The molecule has 2 fully saturated rings. The average molecular weight is 504 g/mol. The maximum Gasteiger partial charge on any atom is 0.329 e. The number of aliphatic hydroxyl groups is 1. The fourth-order valence-electron chi connectivity index (χ4n) is 4.61. The molecule has 2 aromatic rings. The molecule has 4 rings (SSSR count). The number of esters is 1. The second-order valence-electron chi connectivity index (χ2n) is 11.1. The van der Waals surface area contributed by atoms with Crippen LogP contribution in [0.4, 0.5) is 20.7 Å². The number of urea groups is 1. The predicted molar refractivity (Wildman–Crippen MR) is 132 cm³/mol.